The summed E-state index contributed by atoms with van der Waals surface area (Å²) in [5.41, 5.74) is 0.755. The van der Waals surface area contributed by atoms with E-state index in [2.05, 4.69) is 15.9 Å². The molecule has 0 bridgehead atoms. The van der Waals surface area contributed by atoms with Crippen molar-refractivity contribution in [3.63, 3.8) is 0 Å². The molecule has 24 heavy (non-hydrogen) atoms. The molecule has 1 heterocycles. The molecule has 1 fully saturated rings. The number of sulfone groups is 1. The Kier molecular flexibility index (Phi) is 5.45. The van der Waals surface area contributed by atoms with Crippen molar-refractivity contribution in [1.29, 1.82) is 0 Å². The topological polar surface area (TPSA) is 54.5 Å². The number of anilines is 1. The molecular formula is C18H22BrNO3S. The van der Waals surface area contributed by atoms with Gasteiger partial charge in [-0.15, -0.1) is 0 Å². The molecule has 1 aromatic carbocycles. The summed E-state index contributed by atoms with van der Waals surface area (Å²) >= 11 is 3.40. The minimum absolute atomic E-state index is 0.0240. The standard InChI is InChI=1S/C18H22BrNO3S/c19-15-6-8-16(9-7-15)20(17-10-11-24(22,23)13-17)18(21)12-14-4-2-1-3-5-14/h6-11,14,17H,1-5,12-13H2. The van der Waals surface area contributed by atoms with E-state index in [9.17, 15) is 13.2 Å². The fourth-order valence-corrected chi connectivity index (χ4v) is 5.11. The third-order valence-corrected chi connectivity index (χ3v) is 6.71. The van der Waals surface area contributed by atoms with Gasteiger partial charge in [0.25, 0.3) is 0 Å². The summed E-state index contributed by atoms with van der Waals surface area (Å²) in [4.78, 5) is 14.6. The number of nitrogens with zero attached hydrogens (tertiary/aromatic N) is 1. The molecule has 1 unspecified atom stereocenters. The largest absolute Gasteiger partial charge is 0.304 e. The van der Waals surface area contributed by atoms with Crippen molar-refractivity contribution < 1.29 is 13.2 Å². The number of hydrogen-bond acceptors (Lipinski definition) is 3. The third kappa shape index (κ3) is 4.28. The second kappa shape index (κ2) is 7.40. The van der Waals surface area contributed by atoms with Crippen molar-refractivity contribution in [3.05, 3.63) is 40.2 Å². The maximum absolute atomic E-state index is 13.0. The Hall–Kier alpha value is -1.14. The van der Waals surface area contributed by atoms with Crippen LogP contribution in [0.2, 0.25) is 0 Å². The van der Waals surface area contributed by atoms with Gasteiger partial charge in [0, 0.05) is 22.0 Å². The summed E-state index contributed by atoms with van der Waals surface area (Å²) in [6, 6.07) is 7.07. The molecule has 4 nitrogen and oxygen atoms in total. The van der Waals surface area contributed by atoms with E-state index in [0.717, 1.165) is 23.0 Å². The van der Waals surface area contributed by atoms with Crippen molar-refractivity contribution in [2.24, 2.45) is 5.92 Å². The van der Waals surface area contributed by atoms with E-state index in [4.69, 9.17) is 0 Å². The lowest BCUT2D eigenvalue weighted by Crippen LogP contribution is -2.42. The molecule has 3 rings (SSSR count). The highest BCUT2D eigenvalue weighted by molar-refractivity contribution is 9.10. The van der Waals surface area contributed by atoms with E-state index in [0.29, 0.717) is 12.3 Å². The van der Waals surface area contributed by atoms with Crippen LogP contribution in [0.5, 0.6) is 0 Å². The second-order valence-corrected chi connectivity index (χ2v) is 9.52. The highest BCUT2D eigenvalue weighted by Crippen LogP contribution is 2.30. The number of amides is 1. The van der Waals surface area contributed by atoms with Crippen LogP contribution < -0.4 is 4.90 Å². The minimum atomic E-state index is -3.21. The Bertz CT molecular complexity index is 721. The van der Waals surface area contributed by atoms with Gasteiger partial charge in [-0.05, 0) is 49.1 Å². The predicted octanol–water partition coefficient (Wildman–Crippen LogP) is 4.06. The van der Waals surface area contributed by atoms with Crippen molar-refractivity contribution in [2.75, 3.05) is 10.7 Å². The Morgan fingerprint density at radius 2 is 1.79 bits per heavy atom. The molecule has 1 aliphatic heterocycles. The minimum Gasteiger partial charge on any atom is -0.304 e. The lowest BCUT2D eigenvalue weighted by Gasteiger charge is -2.30. The van der Waals surface area contributed by atoms with E-state index < -0.39 is 15.9 Å². The number of halogens is 1. The molecule has 1 saturated carbocycles. The van der Waals surface area contributed by atoms with Crippen LogP contribution in [0.3, 0.4) is 0 Å². The van der Waals surface area contributed by atoms with Gasteiger partial charge in [-0.25, -0.2) is 8.42 Å². The first-order chi connectivity index (χ1) is 11.4. The summed E-state index contributed by atoms with van der Waals surface area (Å²) in [5, 5.41) is 1.23. The number of benzene rings is 1. The molecule has 0 aromatic heterocycles. The van der Waals surface area contributed by atoms with Crippen LogP contribution in [0.1, 0.15) is 38.5 Å². The number of hydrogen-bond donors (Lipinski definition) is 0. The highest BCUT2D eigenvalue weighted by atomic mass is 79.9. The monoisotopic (exact) mass is 411 g/mol. The lowest BCUT2D eigenvalue weighted by molar-refractivity contribution is -0.120. The van der Waals surface area contributed by atoms with E-state index in [1.165, 1.54) is 24.7 Å². The average molecular weight is 412 g/mol. The summed E-state index contributed by atoms with van der Waals surface area (Å²) in [6.07, 6.45) is 7.96. The number of rotatable bonds is 4. The van der Waals surface area contributed by atoms with Crippen molar-refractivity contribution in [2.45, 2.75) is 44.6 Å². The molecule has 1 aromatic rings. The van der Waals surface area contributed by atoms with Gasteiger partial charge in [-0.1, -0.05) is 35.2 Å². The van der Waals surface area contributed by atoms with E-state index in [1.54, 1.807) is 11.0 Å². The fraction of sp³-hybridized carbons (Fsp3) is 0.500. The third-order valence-electron chi connectivity index (χ3n) is 4.80. The van der Waals surface area contributed by atoms with Crippen LogP contribution in [0.4, 0.5) is 5.69 Å². The zero-order chi connectivity index (χ0) is 17.2. The molecule has 1 atom stereocenters. The zero-order valence-electron chi connectivity index (χ0n) is 13.5. The van der Waals surface area contributed by atoms with Gasteiger partial charge < -0.3 is 4.90 Å². The summed E-state index contributed by atoms with van der Waals surface area (Å²) in [7, 11) is -3.21. The van der Waals surface area contributed by atoms with Crippen LogP contribution in [0, 0.1) is 5.92 Å². The van der Waals surface area contributed by atoms with Crippen LogP contribution in [0.15, 0.2) is 40.2 Å². The SMILES string of the molecule is O=C(CC1CCCCC1)N(c1ccc(Br)cc1)C1C=CS(=O)(=O)C1. The van der Waals surface area contributed by atoms with Gasteiger partial charge in [-0.3, -0.25) is 4.79 Å². The highest BCUT2D eigenvalue weighted by Gasteiger charge is 2.32. The molecule has 0 N–H and O–H groups in total. The second-order valence-electron chi connectivity index (χ2n) is 6.67. The van der Waals surface area contributed by atoms with Gasteiger partial charge in [-0.2, -0.15) is 0 Å². The van der Waals surface area contributed by atoms with Crippen molar-refractivity contribution in [3.8, 4) is 0 Å². The van der Waals surface area contributed by atoms with E-state index in [1.807, 2.05) is 24.3 Å². The molecule has 2 aliphatic rings. The zero-order valence-corrected chi connectivity index (χ0v) is 15.9. The predicted molar refractivity (Wildman–Crippen MR) is 99.5 cm³/mol. The Balaban J connectivity index is 1.82. The molecule has 130 valence electrons. The maximum Gasteiger partial charge on any atom is 0.227 e. The van der Waals surface area contributed by atoms with E-state index >= 15 is 0 Å². The number of carbonyl (C=O) groups is 1. The van der Waals surface area contributed by atoms with Crippen LogP contribution in [-0.4, -0.2) is 26.1 Å². The first-order valence-corrected chi connectivity index (χ1v) is 10.9. The summed E-state index contributed by atoms with van der Waals surface area (Å²) in [6.45, 7) is 0. The van der Waals surface area contributed by atoms with E-state index in [-0.39, 0.29) is 11.7 Å². The quantitative estimate of drug-likeness (QED) is 0.750. The van der Waals surface area contributed by atoms with Crippen LogP contribution in [0.25, 0.3) is 0 Å². The van der Waals surface area contributed by atoms with Gasteiger partial charge in [0.15, 0.2) is 9.84 Å². The normalized spacial score (nSPS) is 23.3. The first-order valence-electron chi connectivity index (χ1n) is 8.43. The lowest BCUT2D eigenvalue weighted by atomic mass is 9.86. The van der Waals surface area contributed by atoms with Crippen LogP contribution in [-0.2, 0) is 14.6 Å². The Morgan fingerprint density at radius 1 is 1.12 bits per heavy atom. The molecule has 0 saturated heterocycles. The van der Waals surface area contributed by atoms with Crippen molar-refractivity contribution in [1.82, 2.24) is 0 Å². The number of carbonyl (C=O) groups excluding carboxylic acids is 1. The van der Waals surface area contributed by atoms with Crippen LogP contribution >= 0.6 is 15.9 Å². The van der Waals surface area contributed by atoms with Gasteiger partial charge >= 0.3 is 0 Å². The smallest absolute Gasteiger partial charge is 0.227 e. The Labute approximate surface area is 152 Å². The summed E-state index contributed by atoms with van der Waals surface area (Å²) in [5.74, 6) is 0.418. The average Bonchev–Trinajstić information content (AvgIpc) is 2.90. The molecule has 0 spiro atoms. The van der Waals surface area contributed by atoms with Gasteiger partial charge in [0.05, 0.1) is 11.8 Å². The molecule has 1 amide bonds. The molecule has 0 radical (unpaired) electrons. The fourth-order valence-electron chi connectivity index (χ4n) is 3.58. The summed E-state index contributed by atoms with van der Waals surface area (Å²) < 4.78 is 24.6. The molecule has 1 aliphatic carbocycles. The maximum atomic E-state index is 13.0. The Morgan fingerprint density at radius 3 is 2.38 bits per heavy atom. The molecular weight excluding hydrogens is 390 g/mol. The van der Waals surface area contributed by atoms with Gasteiger partial charge in [0.1, 0.15) is 0 Å². The first kappa shape index (κ1) is 17.7. The molecule has 6 heteroatoms. The van der Waals surface area contributed by atoms with Crippen molar-refractivity contribution >= 4 is 37.4 Å². The van der Waals surface area contributed by atoms with Gasteiger partial charge in [0.2, 0.25) is 5.91 Å².